The topological polar surface area (TPSA) is 24.1 Å². The summed E-state index contributed by atoms with van der Waals surface area (Å²) in [5.41, 5.74) is 0. The minimum absolute atomic E-state index is 0.686. The molecule has 2 N–H and O–H groups in total. The summed E-state index contributed by atoms with van der Waals surface area (Å²) in [6.07, 6.45) is 0. The second-order valence-electron chi connectivity index (χ2n) is 2.94. The van der Waals surface area contributed by atoms with E-state index in [-0.39, 0.29) is 0 Å². The van der Waals surface area contributed by atoms with Crippen molar-refractivity contribution in [3.05, 3.63) is 20.8 Å². The van der Waals surface area contributed by atoms with Gasteiger partial charge in [0.15, 0.2) is 0 Å². The summed E-state index contributed by atoms with van der Waals surface area (Å²) in [5.74, 6) is 0. The van der Waals surface area contributed by atoms with E-state index < -0.39 is 0 Å². The van der Waals surface area contributed by atoms with Crippen molar-refractivity contribution in [3.63, 3.8) is 0 Å². The Hall–Kier alpha value is 0.1000. The lowest BCUT2D eigenvalue weighted by atomic mass is 10.2. The average molecular weight is 247 g/mol. The summed E-state index contributed by atoms with van der Waals surface area (Å²) in [6, 6.07) is 4.94. The normalized spacial score (nSPS) is 17.8. The first-order chi connectivity index (χ1) is 5.84. The molecule has 2 nitrogen and oxygen atoms in total. The monoisotopic (exact) mass is 246 g/mol. The summed E-state index contributed by atoms with van der Waals surface area (Å²) in [5, 5.41) is 6.71. The van der Waals surface area contributed by atoms with E-state index in [1.807, 2.05) is 0 Å². The number of halogens is 1. The van der Waals surface area contributed by atoms with Gasteiger partial charge in [-0.25, -0.2) is 0 Å². The van der Waals surface area contributed by atoms with Crippen LogP contribution in [0.3, 0.4) is 0 Å². The van der Waals surface area contributed by atoms with Crippen LogP contribution in [0.5, 0.6) is 0 Å². The predicted molar refractivity (Wildman–Crippen MR) is 55.5 cm³/mol. The lowest BCUT2D eigenvalue weighted by molar-refractivity contribution is 0.366. The molecule has 0 unspecified atom stereocenters. The Morgan fingerprint density at radius 2 is 2.42 bits per heavy atom. The smallest absolute Gasteiger partial charge is 0.0701 e. The highest BCUT2D eigenvalue weighted by Gasteiger charge is 2.15. The molecule has 0 atom stereocenters. The van der Waals surface area contributed by atoms with Gasteiger partial charge in [0.25, 0.3) is 0 Å². The van der Waals surface area contributed by atoms with Gasteiger partial charge >= 0.3 is 0 Å². The molecule has 0 aliphatic carbocycles. The average Bonchev–Trinajstić information content (AvgIpc) is 2.32. The fourth-order valence-corrected chi connectivity index (χ4v) is 2.56. The maximum Gasteiger partial charge on any atom is 0.0701 e. The maximum atomic E-state index is 3.48. The molecule has 66 valence electrons. The minimum Gasteiger partial charge on any atom is -0.314 e. The molecule has 0 saturated carbocycles. The van der Waals surface area contributed by atoms with E-state index in [1.54, 1.807) is 11.3 Å². The standard InChI is InChI=1S/C8H11BrN2S/c9-8-2-1-7(12-8)5-11-6-3-10-4-6/h1-2,6,10-11H,3-5H2. The molecule has 1 aliphatic rings. The van der Waals surface area contributed by atoms with Crippen LogP contribution in [0.15, 0.2) is 15.9 Å². The van der Waals surface area contributed by atoms with Gasteiger partial charge in [-0.3, -0.25) is 0 Å². The Labute approximate surface area is 84.5 Å². The lowest BCUT2D eigenvalue weighted by Crippen LogP contribution is -2.54. The van der Waals surface area contributed by atoms with Crippen molar-refractivity contribution in [2.45, 2.75) is 12.6 Å². The van der Waals surface area contributed by atoms with Gasteiger partial charge in [-0.1, -0.05) is 0 Å². The predicted octanol–water partition coefficient (Wildman–Crippen LogP) is 1.57. The molecule has 1 aromatic heterocycles. The van der Waals surface area contributed by atoms with Crippen molar-refractivity contribution in [2.75, 3.05) is 13.1 Å². The van der Waals surface area contributed by atoms with Crippen LogP contribution < -0.4 is 10.6 Å². The van der Waals surface area contributed by atoms with Gasteiger partial charge in [0.1, 0.15) is 0 Å². The fraction of sp³-hybridized carbons (Fsp3) is 0.500. The Balaban J connectivity index is 1.79. The van der Waals surface area contributed by atoms with E-state index in [0.717, 1.165) is 19.6 Å². The molecule has 0 bridgehead atoms. The quantitative estimate of drug-likeness (QED) is 0.847. The van der Waals surface area contributed by atoms with Crippen LogP contribution in [0, 0.1) is 0 Å². The summed E-state index contributed by atoms with van der Waals surface area (Å²) in [4.78, 5) is 1.40. The van der Waals surface area contributed by atoms with Gasteiger partial charge < -0.3 is 10.6 Å². The van der Waals surface area contributed by atoms with Crippen molar-refractivity contribution < 1.29 is 0 Å². The van der Waals surface area contributed by atoms with E-state index in [1.165, 1.54) is 8.66 Å². The molecule has 0 spiro atoms. The molecule has 1 fully saturated rings. The third-order valence-electron chi connectivity index (χ3n) is 1.98. The molecule has 4 heteroatoms. The second-order valence-corrected chi connectivity index (χ2v) is 5.49. The minimum atomic E-state index is 0.686. The zero-order chi connectivity index (χ0) is 8.39. The molecule has 1 saturated heterocycles. The largest absolute Gasteiger partial charge is 0.314 e. The van der Waals surface area contributed by atoms with Gasteiger partial charge in [-0.05, 0) is 28.1 Å². The molecular weight excluding hydrogens is 236 g/mol. The molecule has 2 rings (SSSR count). The van der Waals surface area contributed by atoms with Gasteiger partial charge in [0.05, 0.1) is 3.79 Å². The number of rotatable bonds is 3. The number of hydrogen-bond donors (Lipinski definition) is 2. The van der Waals surface area contributed by atoms with Gasteiger partial charge in [-0.2, -0.15) is 0 Å². The van der Waals surface area contributed by atoms with E-state index in [0.29, 0.717) is 6.04 Å². The molecule has 1 aromatic rings. The summed E-state index contributed by atoms with van der Waals surface area (Å²) in [6.45, 7) is 3.24. The molecular formula is C8H11BrN2S. The SMILES string of the molecule is Brc1ccc(CNC2CNC2)s1. The zero-order valence-electron chi connectivity index (χ0n) is 6.64. The summed E-state index contributed by atoms with van der Waals surface area (Å²) < 4.78 is 1.21. The second kappa shape index (κ2) is 3.87. The van der Waals surface area contributed by atoms with E-state index >= 15 is 0 Å². The highest BCUT2D eigenvalue weighted by Crippen LogP contribution is 2.21. The Morgan fingerprint density at radius 3 is 2.92 bits per heavy atom. The Bertz CT molecular complexity index is 257. The Morgan fingerprint density at radius 1 is 1.58 bits per heavy atom. The summed E-state index contributed by atoms with van der Waals surface area (Å²) >= 11 is 5.25. The highest BCUT2D eigenvalue weighted by atomic mass is 79.9. The third kappa shape index (κ3) is 2.07. The van der Waals surface area contributed by atoms with Crippen LogP contribution in [0.4, 0.5) is 0 Å². The van der Waals surface area contributed by atoms with Crippen molar-refractivity contribution >= 4 is 27.3 Å². The molecule has 0 radical (unpaired) electrons. The first-order valence-electron chi connectivity index (χ1n) is 4.03. The first kappa shape index (κ1) is 8.69. The lowest BCUT2D eigenvalue weighted by Gasteiger charge is -2.27. The number of thiophene rings is 1. The number of nitrogens with one attached hydrogen (secondary N) is 2. The molecule has 2 heterocycles. The highest BCUT2D eigenvalue weighted by molar-refractivity contribution is 9.11. The van der Waals surface area contributed by atoms with Crippen LogP contribution in [-0.4, -0.2) is 19.1 Å². The fourth-order valence-electron chi connectivity index (χ4n) is 1.12. The van der Waals surface area contributed by atoms with Crippen molar-refractivity contribution in [1.29, 1.82) is 0 Å². The van der Waals surface area contributed by atoms with Crippen molar-refractivity contribution in [2.24, 2.45) is 0 Å². The number of hydrogen-bond acceptors (Lipinski definition) is 3. The van der Waals surface area contributed by atoms with Crippen LogP contribution >= 0.6 is 27.3 Å². The maximum absolute atomic E-state index is 3.48. The van der Waals surface area contributed by atoms with E-state index in [2.05, 4.69) is 38.7 Å². The molecule has 12 heavy (non-hydrogen) atoms. The third-order valence-corrected chi connectivity index (χ3v) is 3.60. The molecule has 0 amide bonds. The van der Waals surface area contributed by atoms with E-state index in [9.17, 15) is 0 Å². The van der Waals surface area contributed by atoms with Crippen molar-refractivity contribution in [3.8, 4) is 0 Å². The van der Waals surface area contributed by atoms with E-state index in [4.69, 9.17) is 0 Å². The zero-order valence-corrected chi connectivity index (χ0v) is 9.04. The Kier molecular flexibility index (Phi) is 2.80. The molecule has 0 aromatic carbocycles. The van der Waals surface area contributed by atoms with Crippen LogP contribution in [0.2, 0.25) is 0 Å². The van der Waals surface area contributed by atoms with Crippen LogP contribution in [-0.2, 0) is 6.54 Å². The first-order valence-corrected chi connectivity index (χ1v) is 5.64. The van der Waals surface area contributed by atoms with Crippen LogP contribution in [0.1, 0.15) is 4.88 Å². The van der Waals surface area contributed by atoms with Gasteiger partial charge in [-0.15, -0.1) is 11.3 Å². The van der Waals surface area contributed by atoms with Gasteiger partial charge in [0, 0.05) is 30.6 Å². The molecule has 1 aliphatic heterocycles. The van der Waals surface area contributed by atoms with Crippen LogP contribution in [0.25, 0.3) is 0 Å². The summed E-state index contributed by atoms with van der Waals surface area (Å²) in [7, 11) is 0. The van der Waals surface area contributed by atoms with Gasteiger partial charge in [0.2, 0.25) is 0 Å². The van der Waals surface area contributed by atoms with Crippen molar-refractivity contribution in [1.82, 2.24) is 10.6 Å².